The number of hydrogen-bond acceptors (Lipinski definition) is 1. The minimum atomic E-state index is 0.161. The van der Waals surface area contributed by atoms with Crippen molar-refractivity contribution in [2.45, 2.75) is 32.2 Å². The van der Waals surface area contributed by atoms with Crippen LogP contribution in [0.2, 0.25) is 0 Å². The minimum Gasteiger partial charge on any atom is -0.327 e. The second-order valence-corrected chi connectivity index (χ2v) is 5.07. The molecule has 0 bridgehead atoms. The predicted octanol–water partition coefficient (Wildman–Crippen LogP) is 3.67. The highest BCUT2D eigenvalue weighted by Gasteiger charge is 2.16. The zero-order valence-electron chi connectivity index (χ0n) is 11.1. The Balaban J connectivity index is 2.19. The van der Waals surface area contributed by atoms with Crippen LogP contribution >= 0.6 is 0 Å². The molecule has 2 unspecified atom stereocenters. The van der Waals surface area contributed by atoms with Gasteiger partial charge in [-0.2, -0.15) is 0 Å². The smallest absolute Gasteiger partial charge is 0.00825 e. The molecule has 0 saturated heterocycles. The lowest BCUT2D eigenvalue weighted by molar-refractivity contribution is 0.565. The van der Waals surface area contributed by atoms with Crippen molar-refractivity contribution in [1.82, 2.24) is 0 Å². The highest BCUT2D eigenvalue weighted by molar-refractivity contribution is 5.27. The van der Waals surface area contributed by atoms with E-state index in [9.17, 15) is 0 Å². The maximum Gasteiger partial charge on any atom is 0.00825 e. The van der Waals surface area contributed by atoms with Gasteiger partial charge in [-0.05, 0) is 31.4 Å². The summed E-state index contributed by atoms with van der Waals surface area (Å²) in [5, 5.41) is 0. The molecule has 2 N–H and O–H groups in total. The van der Waals surface area contributed by atoms with Crippen molar-refractivity contribution in [2.24, 2.45) is 5.73 Å². The van der Waals surface area contributed by atoms with Gasteiger partial charge in [0.05, 0.1) is 0 Å². The van der Waals surface area contributed by atoms with Crippen LogP contribution in [0.5, 0.6) is 0 Å². The van der Waals surface area contributed by atoms with Crippen LogP contribution in [-0.2, 0) is 6.42 Å². The molecule has 0 spiro atoms. The van der Waals surface area contributed by atoms with Crippen molar-refractivity contribution in [3.8, 4) is 0 Å². The van der Waals surface area contributed by atoms with Crippen LogP contribution in [0.4, 0.5) is 0 Å². The molecular weight excluding hydrogens is 218 g/mol. The van der Waals surface area contributed by atoms with Crippen LogP contribution in [0.15, 0.2) is 54.6 Å². The maximum absolute atomic E-state index is 6.15. The lowest BCUT2D eigenvalue weighted by Gasteiger charge is -2.21. The van der Waals surface area contributed by atoms with Gasteiger partial charge in [-0.3, -0.25) is 0 Å². The lowest BCUT2D eigenvalue weighted by Crippen LogP contribution is -2.26. The van der Waals surface area contributed by atoms with Crippen LogP contribution in [0, 0.1) is 6.92 Å². The van der Waals surface area contributed by atoms with Crippen molar-refractivity contribution < 1.29 is 0 Å². The Kier molecular flexibility index (Phi) is 4.16. The van der Waals surface area contributed by atoms with E-state index in [0.717, 1.165) is 6.42 Å². The third kappa shape index (κ3) is 3.21. The third-order valence-corrected chi connectivity index (χ3v) is 3.44. The Bertz CT molecular complexity index is 471. The molecule has 0 radical (unpaired) electrons. The van der Waals surface area contributed by atoms with Gasteiger partial charge in [0.2, 0.25) is 0 Å². The number of benzene rings is 2. The number of rotatable bonds is 4. The first kappa shape index (κ1) is 12.8. The third-order valence-electron chi connectivity index (χ3n) is 3.44. The maximum atomic E-state index is 6.15. The topological polar surface area (TPSA) is 26.0 Å². The first-order chi connectivity index (χ1) is 8.66. The zero-order chi connectivity index (χ0) is 13.0. The Morgan fingerprint density at radius 2 is 1.56 bits per heavy atom. The highest BCUT2D eigenvalue weighted by Crippen LogP contribution is 2.23. The average molecular weight is 239 g/mol. The normalized spacial score (nSPS) is 14.2. The summed E-state index contributed by atoms with van der Waals surface area (Å²) < 4.78 is 0. The number of aryl methyl sites for hydroxylation is 1. The Labute approximate surface area is 110 Å². The van der Waals surface area contributed by atoms with Gasteiger partial charge in [-0.1, -0.05) is 60.2 Å². The van der Waals surface area contributed by atoms with Gasteiger partial charge in [0.25, 0.3) is 0 Å². The largest absolute Gasteiger partial charge is 0.327 e. The molecule has 0 heterocycles. The van der Waals surface area contributed by atoms with Gasteiger partial charge in [-0.15, -0.1) is 0 Å². The molecule has 0 aliphatic heterocycles. The standard InChI is InChI=1S/C17H21N/c1-13-8-10-15(11-9-13)12-17(14(2)18)16-6-4-3-5-7-16/h3-11,14,17H,12,18H2,1-2H3. The molecule has 0 amide bonds. The summed E-state index contributed by atoms with van der Waals surface area (Å²) in [7, 11) is 0. The molecule has 94 valence electrons. The predicted molar refractivity (Wildman–Crippen MR) is 77.7 cm³/mol. The molecule has 2 atom stereocenters. The van der Waals surface area contributed by atoms with Crippen molar-refractivity contribution >= 4 is 0 Å². The van der Waals surface area contributed by atoms with Crippen LogP contribution in [0.3, 0.4) is 0 Å². The second kappa shape index (κ2) is 5.83. The summed E-state index contributed by atoms with van der Waals surface area (Å²) in [4.78, 5) is 0. The van der Waals surface area contributed by atoms with Crippen molar-refractivity contribution in [2.75, 3.05) is 0 Å². The first-order valence-corrected chi connectivity index (χ1v) is 6.53. The van der Waals surface area contributed by atoms with E-state index in [2.05, 4.69) is 62.4 Å². The summed E-state index contributed by atoms with van der Waals surface area (Å²) in [5.41, 5.74) is 10.1. The number of nitrogens with two attached hydrogens (primary N) is 1. The Morgan fingerprint density at radius 1 is 0.944 bits per heavy atom. The van der Waals surface area contributed by atoms with Crippen LogP contribution < -0.4 is 5.73 Å². The van der Waals surface area contributed by atoms with E-state index in [0.29, 0.717) is 5.92 Å². The molecule has 18 heavy (non-hydrogen) atoms. The minimum absolute atomic E-state index is 0.161. The molecule has 0 saturated carbocycles. The van der Waals surface area contributed by atoms with Crippen molar-refractivity contribution in [3.63, 3.8) is 0 Å². The van der Waals surface area contributed by atoms with E-state index >= 15 is 0 Å². The second-order valence-electron chi connectivity index (χ2n) is 5.07. The van der Waals surface area contributed by atoms with E-state index < -0.39 is 0 Å². The molecule has 2 rings (SSSR count). The van der Waals surface area contributed by atoms with Crippen LogP contribution in [0.25, 0.3) is 0 Å². The molecule has 0 aliphatic carbocycles. The molecule has 0 aromatic heterocycles. The van der Waals surface area contributed by atoms with Crippen LogP contribution in [0.1, 0.15) is 29.5 Å². The summed E-state index contributed by atoms with van der Waals surface area (Å²) >= 11 is 0. The molecule has 2 aromatic carbocycles. The zero-order valence-corrected chi connectivity index (χ0v) is 11.1. The Morgan fingerprint density at radius 3 is 2.11 bits per heavy atom. The van der Waals surface area contributed by atoms with Gasteiger partial charge >= 0.3 is 0 Å². The van der Waals surface area contributed by atoms with Gasteiger partial charge in [0, 0.05) is 12.0 Å². The van der Waals surface area contributed by atoms with Gasteiger partial charge < -0.3 is 5.73 Å². The molecule has 2 aromatic rings. The average Bonchev–Trinajstić information content (AvgIpc) is 2.38. The van der Waals surface area contributed by atoms with E-state index in [4.69, 9.17) is 5.73 Å². The van der Waals surface area contributed by atoms with Crippen molar-refractivity contribution in [1.29, 1.82) is 0 Å². The van der Waals surface area contributed by atoms with E-state index in [1.165, 1.54) is 16.7 Å². The van der Waals surface area contributed by atoms with E-state index in [1.54, 1.807) is 0 Å². The summed E-state index contributed by atoms with van der Waals surface area (Å²) in [5.74, 6) is 0.383. The molecule has 0 fully saturated rings. The fraction of sp³-hybridized carbons (Fsp3) is 0.294. The fourth-order valence-electron chi connectivity index (χ4n) is 2.29. The quantitative estimate of drug-likeness (QED) is 0.865. The van der Waals surface area contributed by atoms with Crippen molar-refractivity contribution in [3.05, 3.63) is 71.3 Å². The van der Waals surface area contributed by atoms with Gasteiger partial charge in [-0.25, -0.2) is 0 Å². The van der Waals surface area contributed by atoms with Gasteiger partial charge in [0.15, 0.2) is 0 Å². The molecule has 1 nitrogen and oxygen atoms in total. The summed E-state index contributed by atoms with van der Waals surface area (Å²) in [6.07, 6.45) is 1.00. The SMILES string of the molecule is Cc1ccc(CC(c2ccccc2)C(C)N)cc1. The fourth-order valence-corrected chi connectivity index (χ4v) is 2.29. The molecule has 1 heteroatoms. The molecule has 0 aliphatic rings. The molecular formula is C17H21N. The summed E-state index contributed by atoms with van der Waals surface area (Å²) in [6.45, 7) is 4.20. The van der Waals surface area contributed by atoms with E-state index in [1.807, 2.05) is 6.07 Å². The highest BCUT2D eigenvalue weighted by atomic mass is 14.6. The number of hydrogen-bond donors (Lipinski definition) is 1. The summed E-state index contributed by atoms with van der Waals surface area (Å²) in [6, 6.07) is 19.4. The van der Waals surface area contributed by atoms with Crippen LogP contribution in [-0.4, -0.2) is 6.04 Å². The first-order valence-electron chi connectivity index (χ1n) is 6.53. The lowest BCUT2D eigenvalue weighted by atomic mass is 9.87. The van der Waals surface area contributed by atoms with Gasteiger partial charge in [0.1, 0.15) is 0 Å². The monoisotopic (exact) mass is 239 g/mol. The Hall–Kier alpha value is -1.60. The van der Waals surface area contributed by atoms with E-state index in [-0.39, 0.29) is 6.04 Å².